The van der Waals surface area contributed by atoms with E-state index in [1.54, 1.807) is 6.33 Å². The largest absolute Gasteiger partial charge is 0.366 e. The number of pyridine rings is 1. The Morgan fingerprint density at radius 2 is 2.35 bits per heavy atom. The van der Waals surface area contributed by atoms with Crippen molar-refractivity contribution in [1.29, 1.82) is 0 Å². The SMILES string of the molecule is NC(=O)c1cnc(NC2CCc3ncnn3C2)c(Cl)c1. The van der Waals surface area contributed by atoms with Gasteiger partial charge in [-0.3, -0.25) is 4.79 Å². The van der Waals surface area contributed by atoms with Crippen LogP contribution in [0.1, 0.15) is 22.6 Å². The summed E-state index contributed by atoms with van der Waals surface area (Å²) >= 11 is 6.10. The Hall–Kier alpha value is -2.15. The van der Waals surface area contributed by atoms with Gasteiger partial charge in [-0.15, -0.1) is 0 Å². The number of fused-ring (bicyclic) bond motifs is 1. The maximum atomic E-state index is 11.0. The molecule has 1 unspecified atom stereocenters. The third kappa shape index (κ3) is 2.44. The first kappa shape index (κ1) is 12.9. The van der Waals surface area contributed by atoms with Crippen molar-refractivity contribution in [3.05, 3.63) is 35.0 Å². The second-order valence-electron chi connectivity index (χ2n) is 4.66. The van der Waals surface area contributed by atoms with Crippen molar-refractivity contribution in [3.8, 4) is 0 Å². The predicted molar refractivity (Wildman–Crippen MR) is 73.5 cm³/mol. The first-order valence-corrected chi connectivity index (χ1v) is 6.60. The highest BCUT2D eigenvalue weighted by atomic mass is 35.5. The van der Waals surface area contributed by atoms with Crippen LogP contribution in [0.2, 0.25) is 5.02 Å². The number of halogens is 1. The summed E-state index contributed by atoms with van der Waals surface area (Å²) in [6, 6.07) is 1.69. The molecule has 0 spiro atoms. The maximum Gasteiger partial charge on any atom is 0.250 e. The highest BCUT2D eigenvalue weighted by molar-refractivity contribution is 6.33. The molecule has 0 fully saturated rings. The molecule has 3 rings (SSSR count). The lowest BCUT2D eigenvalue weighted by molar-refractivity contribution is 0.1000. The van der Waals surface area contributed by atoms with Gasteiger partial charge < -0.3 is 11.1 Å². The summed E-state index contributed by atoms with van der Waals surface area (Å²) in [7, 11) is 0. The quantitative estimate of drug-likeness (QED) is 0.874. The van der Waals surface area contributed by atoms with Crippen molar-refractivity contribution in [3.63, 3.8) is 0 Å². The van der Waals surface area contributed by atoms with Gasteiger partial charge in [0, 0.05) is 18.7 Å². The van der Waals surface area contributed by atoms with Crippen molar-refractivity contribution in [2.45, 2.75) is 25.4 Å². The Labute approximate surface area is 120 Å². The van der Waals surface area contributed by atoms with E-state index >= 15 is 0 Å². The number of hydrogen-bond donors (Lipinski definition) is 2. The fourth-order valence-corrected chi connectivity index (χ4v) is 2.45. The molecule has 3 N–H and O–H groups in total. The van der Waals surface area contributed by atoms with Crippen LogP contribution in [0.4, 0.5) is 5.82 Å². The van der Waals surface area contributed by atoms with Crippen LogP contribution >= 0.6 is 11.6 Å². The molecule has 2 aromatic rings. The van der Waals surface area contributed by atoms with Crippen molar-refractivity contribution >= 4 is 23.3 Å². The van der Waals surface area contributed by atoms with Crippen molar-refractivity contribution in [2.75, 3.05) is 5.32 Å². The van der Waals surface area contributed by atoms with Crippen LogP contribution in [-0.4, -0.2) is 31.7 Å². The van der Waals surface area contributed by atoms with E-state index in [1.807, 2.05) is 4.68 Å². The Balaban J connectivity index is 1.74. The molecule has 104 valence electrons. The van der Waals surface area contributed by atoms with Crippen LogP contribution < -0.4 is 11.1 Å². The van der Waals surface area contributed by atoms with E-state index in [1.165, 1.54) is 12.3 Å². The molecule has 1 atom stereocenters. The maximum absolute atomic E-state index is 11.0. The molecule has 7 nitrogen and oxygen atoms in total. The number of aromatic nitrogens is 4. The molecule has 0 aliphatic carbocycles. The topological polar surface area (TPSA) is 98.7 Å². The number of anilines is 1. The van der Waals surface area contributed by atoms with Gasteiger partial charge in [0.1, 0.15) is 18.0 Å². The summed E-state index contributed by atoms with van der Waals surface area (Å²) in [6.45, 7) is 0.713. The van der Waals surface area contributed by atoms with Crippen molar-refractivity contribution in [2.24, 2.45) is 5.73 Å². The molecule has 0 aromatic carbocycles. The van der Waals surface area contributed by atoms with Gasteiger partial charge in [-0.05, 0) is 12.5 Å². The molecule has 1 aliphatic heterocycles. The first-order valence-electron chi connectivity index (χ1n) is 6.22. The summed E-state index contributed by atoms with van der Waals surface area (Å²) in [6.07, 6.45) is 4.76. The van der Waals surface area contributed by atoms with Gasteiger partial charge in [-0.2, -0.15) is 5.10 Å². The number of carbonyl (C=O) groups is 1. The van der Waals surface area contributed by atoms with Gasteiger partial charge in [0.25, 0.3) is 0 Å². The molecular weight excluding hydrogens is 280 g/mol. The fraction of sp³-hybridized carbons (Fsp3) is 0.333. The van der Waals surface area contributed by atoms with Gasteiger partial charge >= 0.3 is 0 Å². The molecule has 1 amide bonds. The van der Waals surface area contributed by atoms with E-state index in [9.17, 15) is 4.79 Å². The molecule has 2 aromatic heterocycles. The first-order chi connectivity index (χ1) is 9.63. The van der Waals surface area contributed by atoms with Gasteiger partial charge in [0.15, 0.2) is 0 Å². The van der Waals surface area contributed by atoms with Crippen LogP contribution in [0.3, 0.4) is 0 Å². The highest BCUT2D eigenvalue weighted by Crippen LogP contribution is 2.23. The van der Waals surface area contributed by atoms with E-state index in [0.29, 0.717) is 22.9 Å². The summed E-state index contributed by atoms with van der Waals surface area (Å²) in [5, 5.41) is 7.80. The van der Waals surface area contributed by atoms with E-state index in [0.717, 1.165) is 18.7 Å². The average Bonchev–Trinajstić information content (AvgIpc) is 2.88. The van der Waals surface area contributed by atoms with Gasteiger partial charge in [-0.25, -0.2) is 14.6 Å². The third-order valence-electron chi connectivity index (χ3n) is 3.27. The minimum Gasteiger partial charge on any atom is -0.366 e. The number of rotatable bonds is 3. The normalized spacial score (nSPS) is 17.6. The van der Waals surface area contributed by atoms with E-state index in [-0.39, 0.29) is 6.04 Å². The summed E-state index contributed by atoms with van der Waals surface area (Å²) < 4.78 is 1.87. The highest BCUT2D eigenvalue weighted by Gasteiger charge is 2.20. The van der Waals surface area contributed by atoms with E-state index < -0.39 is 5.91 Å². The number of nitrogens with zero attached hydrogens (tertiary/aromatic N) is 4. The fourth-order valence-electron chi connectivity index (χ4n) is 2.23. The molecule has 3 heterocycles. The summed E-state index contributed by atoms with van der Waals surface area (Å²) in [5.41, 5.74) is 5.48. The standard InChI is InChI=1S/C12H13ClN6O/c13-9-3-7(11(14)20)4-15-12(9)18-8-1-2-10-16-6-17-19(10)5-8/h3-4,6,8H,1-2,5H2,(H2,14,20)(H,15,18). The lowest BCUT2D eigenvalue weighted by atomic mass is 10.1. The van der Waals surface area contributed by atoms with Crippen LogP contribution in [-0.2, 0) is 13.0 Å². The van der Waals surface area contributed by atoms with Crippen LogP contribution in [0.5, 0.6) is 0 Å². The van der Waals surface area contributed by atoms with E-state index in [4.69, 9.17) is 17.3 Å². The van der Waals surface area contributed by atoms with E-state index in [2.05, 4.69) is 20.4 Å². The summed E-state index contributed by atoms with van der Waals surface area (Å²) in [5.74, 6) is 0.993. The monoisotopic (exact) mass is 292 g/mol. The molecule has 20 heavy (non-hydrogen) atoms. The third-order valence-corrected chi connectivity index (χ3v) is 3.56. The van der Waals surface area contributed by atoms with Gasteiger partial charge in [0.05, 0.1) is 17.1 Å². The second-order valence-corrected chi connectivity index (χ2v) is 5.06. The minimum absolute atomic E-state index is 0.175. The number of nitrogens with two attached hydrogens (primary N) is 1. The molecule has 8 heteroatoms. The molecule has 0 radical (unpaired) electrons. The van der Waals surface area contributed by atoms with Crippen LogP contribution in [0, 0.1) is 0 Å². The molecular formula is C12H13ClN6O. The number of aryl methyl sites for hydroxylation is 1. The smallest absolute Gasteiger partial charge is 0.250 e. The Kier molecular flexibility index (Phi) is 3.27. The number of nitrogens with one attached hydrogen (secondary N) is 1. The van der Waals surface area contributed by atoms with Crippen LogP contribution in [0.15, 0.2) is 18.6 Å². The van der Waals surface area contributed by atoms with Crippen molar-refractivity contribution in [1.82, 2.24) is 19.7 Å². The zero-order valence-electron chi connectivity index (χ0n) is 10.6. The molecule has 0 saturated heterocycles. The Bertz CT molecular complexity index is 655. The number of carbonyl (C=O) groups excluding carboxylic acids is 1. The number of amides is 1. The lowest BCUT2D eigenvalue weighted by Crippen LogP contribution is -2.32. The predicted octanol–water partition coefficient (Wildman–Crippen LogP) is 0.852. The second kappa shape index (κ2) is 5.09. The lowest BCUT2D eigenvalue weighted by Gasteiger charge is -2.24. The molecule has 0 bridgehead atoms. The van der Waals surface area contributed by atoms with Gasteiger partial charge in [0.2, 0.25) is 5.91 Å². The summed E-state index contributed by atoms with van der Waals surface area (Å²) in [4.78, 5) is 19.4. The average molecular weight is 293 g/mol. The van der Waals surface area contributed by atoms with Gasteiger partial charge in [-0.1, -0.05) is 11.6 Å². The Morgan fingerprint density at radius 3 is 3.10 bits per heavy atom. The number of hydrogen-bond acceptors (Lipinski definition) is 5. The molecule has 0 saturated carbocycles. The minimum atomic E-state index is -0.545. The zero-order valence-corrected chi connectivity index (χ0v) is 11.3. The number of primary amides is 1. The molecule has 1 aliphatic rings. The zero-order chi connectivity index (χ0) is 14.1. The Morgan fingerprint density at radius 1 is 1.50 bits per heavy atom. The van der Waals surface area contributed by atoms with Crippen molar-refractivity contribution < 1.29 is 4.79 Å². The van der Waals surface area contributed by atoms with Crippen LogP contribution in [0.25, 0.3) is 0 Å².